The van der Waals surface area contributed by atoms with Gasteiger partial charge in [0, 0.05) is 24.8 Å². The van der Waals surface area contributed by atoms with E-state index in [4.69, 9.17) is 9.47 Å². The fourth-order valence-corrected chi connectivity index (χ4v) is 4.23. The van der Waals surface area contributed by atoms with Gasteiger partial charge in [-0.25, -0.2) is 4.79 Å². The molecule has 2 fully saturated rings. The molecule has 6 nitrogen and oxygen atoms in total. The van der Waals surface area contributed by atoms with Crippen molar-refractivity contribution < 1.29 is 19.1 Å². The molecule has 1 saturated carbocycles. The van der Waals surface area contributed by atoms with Crippen LogP contribution >= 0.6 is 0 Å². The summed E-state index contributed by atoms with van der Waals surface area (Å²) in [5, 5.41) is 2.62. The third-order valence-corrected chi connectivity index (χ3v) is 5.71. The molecule has 3 rings (SSSR count). The fourth-order valence-electron chi connectivity index (χ4n) is 4.23. The number of rotatable bonds is 4. The lowest BCUT2D eigenvalue weighted by Gasteiger charge is -2.41. The van der Waals surface area contributed by atoms with Crippen molar-refractivity contribution in [3.63, 3.8) is 0 Å². The Hall–Kier alpha value is -2.68. The molecule has 0 radical (unpaired) electrons. The van der Waals surface area contributed by atoms with E-state index in [-0.39, 0.29) is 12.5 Å². The van der Waals surface area contributed by atoms with Crippen molar-refractivity contribution in [2.45, 2.75) is 39.0 Å². The highest BCUT2D eigenvalue weighted by atomic mass is 16.5. The van der Waals surface area contributed by atoms with Crippen LogP contribution in [0.2, 0.25) is 0 Å². The lowest BCUT2D eigenvalue weighted by molar-refractivity contribution is 0.0518. The number of ether oxygens (including phenoxy) is 2. The minimum Gasteiger partial charge on any atom is -0.496 e. The Labute approximate surface area is 166 Å². The molecule has 6 heteroatoms. The topological polar surface area (TPSA) is 67.9 Å². The summed E-state index contributed by atoms with van der Waals surface area (Å²) in [7, 11) is 1.53. The first-order chi connectivity index (χ1) is 13.6. The number of carbonyl (C=O) groups excluding carboxylic acids is 2. The minimum absolute atomic E-state index is 0.00628. The maximum Gasteiger partial charge on any atom is 0.412 e. The van der Waals surface area contributed by atoms with Gasteiger partial charge in [0.15, 0.2) is 6.61 Å². The van der Waals surface area contributed by atoms with E-state index in [1.807, 2.05) is 4.90 Å². The van der Waals surface area contributed by atoms with Crippen molar-refractivity contribution in [1.82, 2.24) is 4.90 Å². The van der Waals surface area contributed by atoms with E-state index in [0.29, 0.717) is 22.9 Å². The zero-order chi connectivity index (χ0) is 19.9. The minimum atomic E-state index is -0.594. The zero-order valence-corrected chi connectivity index (χ0v) is 16.6. The Morgan fingerprint density at radius 2 is 2.00 bits per heavy atom. The first-order valence-electron chi connectivity index (χ1n) is 9.93. The van der Waals surface area contributed by atoms with Gasteiger partial charge in [0.1, 0.15) is 5.75 Å². The van der Waals surface area contributed by atoms with E-state index in [9.17, 15) is 9.59 Å². The van der Waals surface area contributed by atoms with Crippen molar-refractivity contribution in [2.24, 2.45) is 11.8 Å². The summed E-state index contributed by atoms with van der Waals surface area (Å²) in [6.07, 6.45) is 5.61. The number of nitrogens with one attached hydrogen (secondary N) is 1. The third kappa shape index (κ3) is 4.78. The average molecular weight is 384 g/mol. The van der Waals surface area contributed by atoms with Gasteiger partial charge in [0.05, 0.1) is 12.7 Å². The summed E-state index contributed by atoms with van der Waals surface area (Å²) < 4.78 is 10.4. The van der Waals surface area contributed by atoms with Crippen molar-refractivity contribution in [2.75, 3.05) is 32.1 Å². The predicted octanol–water partition coefficient (Wildman–Crippen LogP) is 3.92. The Bertz CT molecular complexity index is 780. The van der Waals surface area contributed by atoms with Crippen LogP contribution in [-0.2, 0) is 4.74 Å². The molecule has 1 aromatic rings. The maximum absolute atomic E-state index is 13.1. The van der Waals surface area contributed by atoms with Crippen molar-refractivity contribution in [3.8, 4) is 17.6 Å². The normalized spacial score (nSPS) is 21.0. The van der Waals surface area contributed by atoms with Gasteiger partial charge in [-0.2, -0.15) is 0 Å². The standard InChI is InChI=1S/C22H28N2O4/c1-3-4-13-28-22(26)23-18-9-10-19(20(14-18)27-2)21(25)24-12-11-16-7-5-6-8-17(16)15-24/h9-10,14,16-17H,5-8,11-13,15H2,1-2H3,(H,23,26)/t16-,17+/m1/s1. The van der Waals surface area contributed by atoms with E-state index < -0.39 is 6.09 Å². The van der Waals surface area contributed by atoms with Crippen LogP contribution in [0.15, 0.2) is 18.2 Å². The van der Waals surface area contributed by atoms with Gasteiger partial charge in [0.2, 0.25) is 0 Å². The summed E-state index contributed by atoms with van der Waals surface area (Å²) in [5.41, 5.74) is 1.03. The molecule has 1 heterocycles. The van der Waals surface area contributed by atoms with Crippen LogP contribution in [0.1, 0.15) is 49.4 Å². The monoisotopic (exact) mass is 384 g/mol. The second-order valence-electron chi connectivity index (χ2n) is 7.39. The van der Waals surface area contributed by atoms with Gasteiger partial charge in [-0.3, -0.25) is 10.1 Å². The second kappa shape index (κ2) is 9.50. The largest absolute Gasteiger partial charge is 0.496 e. The van der Waals surface area contributed by atoms with E-state index in [0.717, 1.165) is 25.4 Å². The van der Waals surface area contributed by atoms with Crippen molar-refractivity contribution >= 4 is 17.7 Å². The Kier molecular flexibility index (Phi) is 6.80. The number of fused-ring (bicyclic) bond motifs is 1. The maximum atomic E-state index is 13.1. The van der Waals surface area contributed by atoms with Gasteiger partial charge >= 0.3 is 6.09 Å². The number of hydrogen-bond acceptors (Lipinski definition) is 4. The molecule has 1 aromatic carbocycles. The number of benzene rings is 1. The van der Waals surface area contributed by atoms with Crippen LogP contribution in [-0.4, -0.2) is 43.7 Å². The lowest BCUT2D eigenvalue weighted by atomic mass is 9.75. The molecule has 1 aliphatic carbocycles. The number of anilines is 1. The van der Waals surface area contributed by atoms with Crippen molar-refractivity contribution in [1.29, 1.82) is 0 Å². The molecular weight excluding hydrogens is 356 g/mol. The van der Waals surface area contributed by atoms with Crippen LogP contribution in [0, 0.1) is 23.7 Å². The number of carbonyl (C=O) groups is 2. The van der Waals surface area contributed by atoms with Gasteiger partial charge in [0.25, 0.3) is 5.91 Å². The zero-order valence-electron chi connectivity index (χ0n) is 16.6. The summed E-state index contributed by atoms with van der Waals surface area (Å²) in [6.45, 7) is 3.34. The van der Waals surface area contributed by atoms with Gasteiger partial charge in [-0.1, -0.05) is 25.2 Å². The third-order valence-electron chi connectivity index (χ3n) is 5.71. The number of piperidine rings is 1. The van der Waals surface area contributed by atoms with Gasteiger partial charge in [-0.05, 0) is 43.7 Å². The molecule has 150 valence electrons. The van der Waals surface area contributed by atoms with Crippen molar-refractivity contribution in [3.05, 3.63) is 23.8 Å². The number of nitrogens with zero attached hydrogens (tertiary/aromatic N) is 1. The number of amides is 2. The SMILES string of the molecule is CC#CCOC(=O)Nc1ccc(C(=O)N2CC[C@H]3CCCC[C@H]3C2)c(OC)c1. The highest BCUT2D eigenvalue weighted by molar-refractivity contribution is 5.98. The molecule has 0 unspecified atom stereocenters. The molecule has 1 aliphatic heterocycles. The number of hydrogen-bond donors (Lipinski definition) is 1. The summed E-state index contributed by atoms with van der Waals surface area (Å²) >= 11 is 0. The first kappa shape index (κ1) is 20.1. The van der Waals surface area contributed by atoms with Crippen LogP contribution < -0.4 is 10.1 Å². The Balaban J connectivity index is 1.66. The lowest BCUT2D eigenvalue weighted by Crippen LogP contribution is -2.44. The highest BCUT2D eigenvalue weighted by Gasteiger charge is 2.33. The fraction of sp³-hybridized carbons (Fsp3) is 0.545. The van der Waals surface area contributed by atoms with Crippen LogP contribution in [0.3, 0.4) is 0 Å². The van der Waals surface area contributed by atoms with Crippen LogP contribution in [0.25, 0.3) is 0 Å². The summed E-state index contributed by atoms with van der Waals surface area (Å²) in [6, 6.07) is 5.04. The predicted molar refractivity (Wildman–Crippen MR) is 107 cm³/mol. The van der Waals surface area contributed by atoms with E-state index in [1.54, 1.807) is 25.1 Å². The van der Waals surface area contributed by atoms with E-state index >= 15 is 0 Å². The number of likely N-dealkylation sites (tertiary alicyclic amines) is 1. The average Bonchev–Trinajstić information content (AvgIpc) is 2.73. The Morgan fingerprint density at radius 3 is 2.75 bits per heavy atom. The van der Waals surface area contributed by atoms with Gasteiger partial charge < -0.3 is 14.4 Å². The molecule has 2 amide bonds. The molecule has 0 spiro atoms. The molecule has 0 aromatic heterocycles. The molecule has 1 N–H and O–H groups in total. The molecule has 0 bridgehead atoms. The second-order valence-corrected chi connectivity index (χ2v) is 7.39. The van der Waals surface area contributed by atoms with E-state index in [1.165, 1.54) is 32.8 Å². The van der Waals surface area contributed by atoms with Crippen LogP contribution in [0.5, 0.6) is 5.75 Å². The molecule has 2 aliphatic rings. The highest BCUT2D eigenvalue weighted by Crippen LogP contribution is 2.37. The first-order valence-corrected chi connectivity index (χ1v) is 9.93. The summed E-state index contributed by atoms with van der Waals surface area (Å²) in [4.78, 5) is 26.8. The smallest absolute Gasteiger partial charge is 0.412 e. The van der Waals surface area contributed by atoms with Crippen LogP contribution in [0.4, 0.5) is 10.5 Å². The molecule has 1 saturated heterocycles. The number of methoxy groups -OCH3 is 1. The molecular formula is C22H28N2O4. The molecule has 2 atom stereocenters. The summed E-state index contributed by atoms with van der Waals surface area (Å²) in [5.74, 6) is 7.15. The van der Waals surface area contributed by atoms with E-state index in [2.05, 4.69) is 17.2 Å². The molecule has 28 heavy (non-hydrogen) atoms. The quantitative estimate of drug-likeness (QED) is 0.799. The Morgan fingerprint density at radius 1 is 1.21 bits per heavy atom. The van der Waals surface area contributed by atoms with Gasteiger partial charge in [-0.15, -0.1) is 5.92 Å².